The van der Waals surface area contributed by atoms with E-state index < -0.39 is 29.2 Å². The van der Waals surface area contributed by atoms with Gasteiger partial charge in [0.1, 0.15) is 18.1 Å². The smallest absolute Gasteiger partial charge is 0.419 e. The molecule has 0 saturated carbocycles. The summed E-state index contributed by atoms with van der Waals surface area (Å²) in [6, 6.07) is 6.17. The highest BCUT2D eigenvalue weighted by Gasteiger charge is 2.39. The van der Waals surface area contributed by atoms with Crippen LogP contribution in [-0.4, -0.2) is 18.0 Å². The molecule has 0 saturated heterocycles. The van der Waals surface area contributed by atoms with E-state index >= 15 is 0 Å². The number of methoxy groups -OCH3 is 1. The molecule has 0 aliphatic carbocycles. The normalized spacial score (nSPS) is 16.1. The fourth-order valence-corrected chi connectivity index (χ4v) is 3.87. The molecule has 1 unspecified atom stereocenters. The molecule has 0 radical (unpaired) electrons. The van der Waals surface area contributed by atoms with E-state index in [-0.39, 0.29) is 30.9 Å². The Labute approximate surface area is 189 Å². The summed E-state index contributed by atoms with van der Waals surface area (Å²) in [5.74, 6) is -0.843. The number of aromatic nitrogens is 1. The molecule has 1 amide bonds. The van der Waals surface area contributed by atoms with Crippen LogP contribution in [0.1, 0.15) is 40.2 Å². The predicted molar refractivity (Wildman–Crippen MR) is 110 cm³/mol. The van der Waals surface area contributed by atoms with E-state index in [0.717, 1.165) is 11.1 Å². The number of halogens is 6. The molecule has 11 heteroatoms. The molecule has 180 valence electrons. The van der Waals surface area contributed by atoms with Gasteiger partial charge in [-0.2, -0.15) is 26.3 Å². The Morgan fingerprint density at radius 1 is 0.971 bits per heavy atom. The van der Waals surface area contributed by atoms with Crippen molar-refractivity contribution in [2.45, 2.75) is 31.3 Å². The summed E-state index contributed by atoms with van der Waals surface area (Å²) in [5, 5.41) is 2.76. The van der Waals surface area contributed by atoms with Crippen LogP contribution in [0.25, 0.3) is 0 Å². The van der Waals surface area contributed by atoms with Gasteiger partial charge in [-0.05, 0) is 29.8 Å². The number of carbonyl (C=O) groups excluding carboxylic acids is 1. The van der Waals surface area contributed by atoms with Crippen LogP contribution in [0.15, 0.2) is 48.8 Å². The van der Waals surface area contributed by atoms with E-state index in [1.165, 1.54) is 7.11 Å². The Morgan fingerprint density at radius 3 is 2.41 bits per heavy atom. The number of H-pyrrole nitrogens is 1. The predicted octanol–water partition coefficient (Wildman–Crippen LogP) is 6.11. The molecule has 1 atom stereocenters. The second kappa shape index (κ2) is 8.62. The molecule has 1 aromatic heterocycles. The minimum atomic E-state index is -5.04. The number of ether oxygens (including phenoxy) is 2. The van der Waals surface area contributed by atoms with Crippen molar-refractivity contribution in [3.05, 3.63) is 76.6 Å². The number of benzene rings is 2. The highest BCUT2D eigenvalue weighted by molar-refractivity contribution is 5.95. The largest absolute Gasteiger partial charge is 0.496 e. The van der Waals surface area contributed by atoms with Crippen LogP contribution < -0.4 is 14.8 Å². The number of anilines is 1. The highest BCUT2D eigenvalue weighted by atomic mass is 19.4. The third-order valence-corrected chi connectivity index (χ3v) is 5.53. The number of carbonyl (C=O) groups is 1. The summed E-state index contributed by atoms with van der Waals surface area (Å²) in [4.78, 5) is 15.0. The van der Waals surface area contributed by atoms with Gasteiger partial charge in [0.15, 0.2) is 0 Å². The Kier molecular flexibility index (Phi) is 5.96. The topological polar surface area (TPSA) is 63.3 Å². The Bertz CT molecular complexity index is 1220. The second-order valence-electron chi connectivity index (χ2n) is 7.70. The number of nitrogens with one attached hydrogen (secondary N) is 2. The minimum absolute atomic E-state index is 0.0260. The first-order valence-corrected chi connectivity index (χ1v) is 10.0. The average Bonchev–Trinajstić information content (AvgIpc) is 3.24. The lowest BCUT2D eigenvalue weighted by atomic mass is 9.86. The van der Waals surface area contributed by atoms with Crippen LogP contribution in [0.3, 0.4) is 0 Å². The highest BCUT2D eigenvalue weighted by Crippen LogP contribution is 2.42. The zero-order valence-corrected chi connectivity index (χ0v) is 17.6. The lowest BCUT2D eigenvalue weighted by Crippen LogP contribution is -2.22. The number of aromatic amines is 1. The van der Waals surface area contributed by atoms with Crippen LogP contribution in [0, 0.1) is 0 Å². The van der Waals surface area contributed by atoms with Crippen molar-refractivity contribution in [1.82, 2.24) is 4.98 Å². The van der Waals surface area contributed by atoms with E-state index in [1.54, 1.807) is 30.6 Å². The lowest BCUT2D eigenvalue weighted by molar-refractivity contribution is -0.144. The molecule has 4 rings (SSSR count). The molecule has 34 heavy (non-hydrogen) atoms. The quantitative estimate of drug-likeness (QED) is 0.430. The molecular weight excluding hydrogens is 466 g/mol. The molecule has 2 N–H and O–H groups in total. The summed E-state index contributed by atoms with van der Waals surface area (Å²) in [6.45, 7) is -0.377. The fraction of sp³-hybridized carbons (Fsp3) is 0.261. The van der Waals surface area contributed by atoms with E-state index in [0.29, 0.717) is 29.1 Å². The van der Waals surface area contributed by atoms with Gasteiger partial charge in [-0.1, -0.05) is 12.1 Å². The summed E-state index contributed by atoms with van der Waals surface area (Å²) >= 11 is 0. The van der Waals surface area contributed by atoms with Gasteiger partial charge in [-0.15, -0.1) is 0 Å². The molecule has 1 aliphatic heterocycles. The van der Waals surface area contributed by atoms with Gasteiger partial charge in [-0.25, -0.2) is 0 Å². The number of amides is 1. The Hall–Kier alpha value is -3.63. The van der Waals surface area contributed by atoms with Gasteiger partial charge in [0.2, 0.25) is 5.91 Å². The van der Waals surface area contributed by atoms with Crippen molar-refractivity contribution in [2.75, 3.05) is 12.4 Å². The third-order valence-electron chi connectivity index (χ3n) is 5.53. The molecule has 0 spiro atoms. The van der Waals surface area contributed by atoms with Gasteiger partial charge in [0.25, 0.3) is 0 Å². The molecule has 3 aromatic rings. The molecule has 1 aliphatic rings. The van der Waals surface area contributed by atoms with Gasteiger partial charge < -0.3 is 19.8 Å². The average molecular weight is 484 g/mol. The van der Waals surface area contributed by atoms with Crippen molar-refractivity contribution in [2.24, 2.45) is 0 Å². The molecule has 2 aromatic carbocycles. The van der Waals surface area contributed by atoms with E-state index in [4.69, 9.17) is 9.47 Å². The maximum Gasteiger partial charge on any atom is 0.419 e. The minimum Gasteiger partial charge on any atom is -0.496 e. The molecule has 0 fully saturated rings. The van der Waals surface area contributed by atoms with Crippen molar-refractivity contribution in [3.8, 4) is 11.5 Å². The molecule has 2 heterocycles. The van der Waals surface area contributed by atoms with Gasteiger partial charge in [-0.3, -0.25) is 4.79 Å². The maximum absolute atomic E-state index is 13.4. The summed E-state index contributed by atoms with van der Waals surface area (Å²) < 4.78 is 89.3. The van der Waals surface area contributed by atoms with Crippen LogP contribution in [0.4, 0.5) is 32.0 Å². The van der Waals surface area contributed by atoms with Gasteiger partial charge in [0, 0.05) is 35.9 Å². The van der Waals surface area contributed by atoms with Crippen molar-refractivity contribution >= 4 is 11.6 Å². The van der Waals surface area contributed by atoms with Crippen LogP contribution in [0.5, 0.6) is 11.5 Å². The summed E-state index contributed by atoms with van der Waals surface area (Å²) in [5.41, 5.74) is -0.267. The first kappa shape index (κ1) is 23.5. The summed E-state index contributed by atoms with van der Waals surface area (Å²) in [7, 11) is 1.37. The number of rotatable bonds is 5. The van der Waals surface area contributed by atoms with E-state index in [2.05, 4.69) is 10.3 Å². The first-order valence-electron chi connectivity index (χ1n) is 10.0. The van der Waals surface area contributed by atoms with Crippen LogP contribution in [-0.2, 0) is 23.8 Å². The van der Waals surface area contributed by atoms with Crippen molar-refractivity contribution < 1.29 is 40.6 Å². The SMILES string of the molecule is COc1cc(C2CC(=O)Nc3c[nH]cc32)ccc1COc1ccc(C(F)(F)F)cc1C(F)(F)F. The van der Waals surface area contributed by atoms with Crippen molar-refractivity contribution in [1.29, 1.82) is 0 Å². The van der Waals surface area contributed by atoms with Gasteiger partial charge in [0.05, 0.1) is 23.9 Å². The first-order chi connectivity index (χ1) is 16.0. The number of fused-ring (bicyclic) bond motifs is 1. The fourth-order valence-electron chi connectivity index (χ4n) is 3.87. The third kappa shape index (κ3) is 4.68. The number of alkyl halides is 6. The molecular formula is C23H18F6N2O3. The summed E-state index contributed by atoms with van der Waals surface area (Å²) in [6.07, 6.45) is -6.33. The van der Waals surface area contributed by atoms with Crippen LogP contribution in [0.2, 0.25) is 0 Å². The second-order valence-corrected chi connectivity index (χ2v) is 7.70. The maximum atomic E-state index is 13.4. The van der Waals surface area contributed by atoms with Crippen LogP contribution >= 0.6 is 0 Å². The lowest BCUT2D eigenvalue weighted by Gasteiger charge is -2.24. The standard InChI is InChI=1S/C23H18F6N2O3/c1-33-20-6-12(15-8-21(32)31-18-10-30-9-16(15)18)2-3-13(20)11-34-19-5-4-14(22(24,25)26)7-17(19)23(27,28)29/h2-7,9-10,15,30H,8,11H2,1H3,(H,31,32). The number of hydrogen-bond acceptors (Lipinski definition) is 3. The van der Waals surface area contributed by atoms with E-state index in [1.807, 2.05) is 0 Å². The van der Waals surface area contributed by atoms with Gasteiger partial charge >= 0.3 is 12.4 Å². The number of hydrogen-bond donors (Lipinski definition) is 2. The van der Waals surface area contributed by atoms with E-state index in [9.17, 15) is 31.1 Å². The zero-order chi connectivity index (χ0) is 24.7. The molecule has 0 bridgehead atoms. The molecule has 5 nitrogen and oxygen atoms in total. The van der Waals surface area contributed by atoms with Crippen molar-refractivity contribution in [3.63, 3.8) is 0 Å². The monoisotopic (exact) mass is 484 g/mol. The Balaban J connectivity index is 1.60. The Morgan fingerprint density at radius 2 is 1.74 bits per heavy atom. The zero-order valence-electron chi connectivity index (χ0n) is 17.6.